The summed E-state index contributed by atoms with van der Waals surface area (Å²) < 4.78 is 1.73. The van der Waals surface area contributed by atoms with Crippen LogP contribution in [0.25, 0.3) is 0 Å². The molecule has 1 atom stereocenters. The van der Waals surface area contributed by atoms with Gasteiger partial charge in [-0.05, 0) is 18.4 Å². The zero-order chi connectivity index (χ0) is 21.1. The molecule has 0 bridgehead atoms. The van der Waals surface area contributed by atoms with Crippen LogP contribution in [0.15, 0.2) is 48.9 Å². The largest absolute Gasteiger partial charge is 0.337 e. The van der Waals surface area contributed by atoms with E-state index in [0.717, 1.165) is 24.1 Å². The number of piperidine rings is 1. The Labute approximate surface area is 175 Å². The number of amides is 2. The number of likely N-dealkylation sites (tertiary alicyclic amines) is 1. The molecule has 156 valence electrons. The fourth-order valence-corrected chi connectivity index (χ4v) is 4.02. The van der Waals surface area contributed by atoms with Crippen LogP contribution >= 0.6 is 0 Å². The van der Waals surface area contributed by atoms with Crippen molar-refractivity contribution in [2.24, 2.45) is 7.05 Å². The second kappa shape index (κ2) is 8.52. The van der Waals surface area contributed by atoms with Gasteiger partial charge < -0.3 is 14.4 Å². The number of nitrogens with zero attached hydrogens (tertiary/aromatic N) is 5. The molecule has 1 unspecified atom stereocenters. The lowest BCUT2D eigenvalue weighted by Crippen LogP contribution is -2.40. The van der Waals surface area contributed by atoms with Crippen LogP contribution in [-0.2, 0) is 13.6 Å². The van der Waals surface area contributed by atoms with Crippen LogP contribution in [0.1, 0.15) is 51.0 Å². The van der Waals surface area contributed by atoms with E-state index in [0.29, 0.717) is 31.0 Å². The van der Waals surface area contributed by atoms with Gasteiger partial charge in [0.15, 0.2) is 5.82 Å². The molecule has 1 aliphatic heterocycles. The highest BCUT2D eigenvalue weighted by atomic mass is 16.2. The van der Waals surface area contributed by atoms with Crippen LogP contribution in [0.4, 0.5) is 0 Å². The molecule has 8 nitrogen and oxygen atoms in total. The molecule has 0 saturated carbocycles. The van der Waals surface area contributed by atoms with Crippen molar-refractivity contribution in [2.45, 2.75) is 25.3 Å². The third-order valence-corrected chi connectivity index (χ3v) is 5.64. The van der Waals surface area contributed by atoms with E-state index < -0.39 is 0 Å². The number of carbonyl (C=O) groups is 2. The van der Waals surface area contributed by atoms with E-state index in [1.165, 1.54) is 0 Å². The van der Waals surface area contributed by atoms with Gasteiger partial charge in [0, 0.05) is 52.0 Å². The van der Waals surface area contributed by atoms with Crippen molar-refractivity contribution in [2.75, 3.05) is 20.1 Å². The first-order chi connectivity index (χ1) is 14.5. The van der Waals surface area contributed by atoms with E-state index >= 15 is 0 Å². The summed E-state index contributed by atoms with van der Waals surface area (Å²) in [7, 11) is 3.61. The fraction of sp³-hybridized carbons (Fsp3) is 0.364. The third-order valence-electron chi connectivity index (χ3n) is 5.64. The van der Waals surface area contributed by atoms with Crippen LogP contribution in [0.2, 0.25) is 0 Å². The highest BCUT2D eigenvalue weighted by Gasteiger charge is 2.31. The summed E-state index contributed by atoms with van der Waals surface area (Å²) in [4.78, 5) is 33.7. The number of rotatable bonds is 5. The highest BCUT2D eigenvalue weighted by molar-refractivity contribution is 5.95. The SMILES string of the molecule is CN(Cc1ccccc1)C(=O)c1cn[nH]c1C1CCCN(C(=O)c2nccn2C)C1. The van der Waals surface area contributed by atoms with Gasteiger partial charge in [-0.25, -0.2) is 4.98 Å². The summed E-state index contributed by atoms with van der Waals surface area (Å²) in [5, 5.41) is 7.17. The monoisotopic (exact) mass is 406 g/mol. The van der Waals surface area contributed by atoms with Crippen LogP contribution in [0, 0.1) is 0 Å². The molecule has 0 radical (unpaired) electrons. The lowest BCUT2D eigenvalue weighted by atomic mass is 9.92. The third kappa shape index (κ3) is 3.98. The average molecular weight is 406 g/mol. The van der Waals surface area contributed by atoms with Crippen LogP contribution in [0.5, 0.6) is 0 Å². The molecule has 2 amide bonds. The number of imidazole rings is 1. The molecule has 0 aliphatic carbocycles. The Morgan fingerprint density at radius 3 is 2.80 bits per heavy atom. The maximum Gasteiger partial charge on any atom is 0.289 e. The molecule has 4 rings (SSSR count). The standard InChI is InChI=1S/C22H26N6O2/c1-26-12-10-23-20(26)22(30)28-11-6-9-17(15-28)19-18(13-24-25-19)21(29)27(2)14-16-7-4-3-5-8-16/h3-5,7-8,10,12-13,17H,6,9,11,14-15H2,1-2H3,(H,24,25). The molecular weight excluding hydrogens is 380 g/mol. The molecule has 1 N–H and O–H groups in total. The summed E-state index contributed by atoms with van der Waals surface area (Å²) in [6.07, 6.45) is 6.76. The molecule has 1 aliphatic rings. The number of carbonyl (C=O) groups excluding carboxylic acids is 2. The number of aromatic amines is 1. The van der Waals surface area contributed by atoms with Gasteiger partial charge in [0.05, 0.1) is 17.5 Å². The molecular formula is C22H26N6O2. The molecule has 2 aromatic heterocycles. The Kier molecular flexibility index (Phi) is 5.65. The van der Waals surface area contributed by atoms with E-state index in [1.807, 2.05) is 42.3 Å². The summed E-state index contributed by atoms with van der Waals surface area (Å²) in [6.45, 7) is 1.75. The number of aromatic nitrogens is 4. The lowest BCUT2D eigenvalue weighted by Gasteiger charge is -2.32. The Morgan fingerprint density at radius 2 is 2.07 bits per heavy atom. The number of benzene rings is 1. The minimum Gasteiger partial charge on any atom is -0.337 e. The summed E-state index contributed by atoms with van der Waals surface area (Å²) in [5.41, 5.74) is 2.45. The van der Waals surface area contributed by atoms with Crippen molar-refractivity contribution in [3.8, 4) is 0 Å². The zero-order valence-corrected chi connectivity index (χ0v) is 17.3. The summed E-state index contributed by atoms with van der Waals surface area (Å²) in [6, 6.07) is 9.89. The Bertz CT molecular complexity index is 1030. The quantitative estimate of drug-likeness (QED) is 0.705. The van der Waals surface area contributed by atoms with Gasteiger partial charge >= 0.3 is 0 Å². The molecule has 3 aromatic rings. The average Bonchev–Trinajstić information content (AvgIpc) is 3.42. The maximum absolute atomic E-state index is 13.1. The van der Waals surface area contributed by atoms with Gasteiger partial charge in [0.25, 0.3) is 11.8 Å². The molecule has 8 heteroatoms. The number of nitrogens with one attached hydrogen (secondary N) is 1. The van der Waals surface area contributed by atoms with Gasteiger partial charge in [0.2, 0.25) is 0 Å². The van der Waals surface area contributed by atoms with Gasteiger partial charge in [-0.15, -0.1) is 0 Å². The minimum atomic E-state index is -0.0826. The van der Waals surface area contributed by atoms with Crippen molar-refractivity contribution < 1.29 is 9.59 Å². The second-order valence-electron chi connectivity index (χ2n) is 7.80. The summed E-state index contributed by atoms with van der Waals surface area (Å²) in [5.74, 6) is 0.310. The first kappa shape index (κ1) is 19.9. The first-order valence-electron chi connectivity index (χ1n) is 10.1. The number of hydrogen-bond donors (Lipinski definition) is 1. The van der Waals surface area contributed by atoms with E-state index in [9.17, 15) is 9.59 Å². The Morgan fingerprint density at radius 1 is 1.27 bits per heavy atom. The predicted molar refractivity (Wildman–Crippen MR) is 112 cm³/mol. The smallest absolute Gasteiger partial charge is 0.289 e. The van der Waals surface area contributed by atoms with E-state index in [-0.39, 0.29) is 17.7 Å². The number of H-pyrrole nitrogens is 1. The molecule has 30 heavy (non-hydrogen) atoms. The maximum atomic E-state index is 13.1. The summed E-state index contributed by atoms with van der Waals surface area (Å²) >= 11 is 0. The van der Waals surface area contributed by atoms with Gasteiger partial charge in [-0.3, -0.25) is 14.7 Å². The minimum absolute atomic E-state index is 0.0366. The zero-order valence-electron chi connectivity index (χ0n) is 17.3. The van der Waals surface area contributed by atoms with Crippen molar-refractivity contribution in [3.63, 3.8) is 0 Å². The number of aryl methyl sites for hydroxylation is 1. The fourth-order valence-electron chi connectivity index (χ4n) is 4.02. The van der Waals surface area contributed by atoms with Gasteiger partial charge in [-0.1, -0.05) is 30.3 Å². The Hall–Kier alpha value is -3.42. The number of hydrogen-bond acceptors (Lipinski definition) is 4. The van der Waals surface area contributed by atoms with Crippen molar-refractivity contribution in [3.05, 3.63) is 71.6 Å². The molecule has 1 aromatic carbocycles. The van der Waals surface area contributed by atoms with E-state index in [4.69, 9.17) is 0 Å². The lowest BCUT2D eigenvalue weighted by molar-refractivity contribution is 0.0689. The van der Waals surface area contributed by atoms with Gasteiger partial charge in [0.1, 0.15) is 0 Å². The molecule has 0 spiro atoms. The first-order valence-corrected chi connectivity index (χ1v) is 10.1. The van der Waals surface area contributed by atoms with Crippen molar-refractivity contribution in [1.29, 1.82) is 0 Å². The normalized spacial score (nSPS) is 16.5. The topological polar surface area (TPSA) is 87.1 Å². The van der Waals surface area contributed by atoms with Crippen molar-refractivity contribution in [1.82, 2.24) is 29.5 Å². The van der Waals surface area contributed by atoms with Crippen LogP contribution in [-0.4, -0.2) is 61.5 Å². The predicted octanol–water partition coefficient (Wildman–Crippen LogP) is 2.44. The Balaban J connectivity index is 1.48. The van der Waals surface area contributed by atoms with Crippen molar-refractivity contribution >= 4 is 11.8 Å². The highest BCUT2D eigenvalue weighted by Crippen LogP contribution is 2.29. The van der Waals surface area contributed by atoms with Crippen LogP contribution < -0.4 is 0 Å². The van der Waals surface area contributed by atoms with E-state index in [2.05, 4.69) is 15.2 Å². The van der Waals surface area contributed by atoms with E-state index in [1.54, 1.807) is 35.1 Å². The molecule has 3 heterocycles. The van der Waals surface area contributed by atoms with Crippen LogP contribution in [0.3, 0.4) is 0 Å². The molecule has 1 saturated heterocycles. The van der Waals surface area contributed by atoms with Gasteiger partial charge in [-0.2, -0.15) is 5.10 Å². The second-order valence-corrected chi connectivity index (χ2v) is 7.80. The molecule has 1 fully saturated rings.